The van der Waals surface area contributed by atoms with Gasteiger partial charge >= 0.3 is 0 Å². The lowest BCUT2D eigenvalue weighted by atomic mass is 10.2. The third kappa shape index (κ3) is 4.44. The quantitative estimate of drug-likeness (QED) is 0.469. The largest absolute Gasteiger partial charge is 0.354 e. The van der Waals surface area contributed by atoms with Crippen LogP contribution in [0.15, 0.2) is 34.3 Å². The Morgan fingerprint density at radius 2 is 1.92 bits per heavy atom. The van der Waals surface area contributed by atoms with Crippen molar-refractivity contribution in [2.45, 2.75) is 29.8 Å². The van der Waals surface area contributed by atoms with Gasteiger partial charge in [-0.15, -0.1) is 10.2 Å². The minimum atomic E-state index is -3.53. The maximum Gasteiger partial charge on any atom is 0.242 e. The SMILES string of the molecule is CCSc1nnc(-c2cccc(S(=O)(=O)N(C)C)c2)n1CC(OC)OC. The third-order valence-corrected chi connectivity index (χ3v) is 6.38. The van der Waals surface area contributed by atoms with Crippen LogP contribution in [0, 0.1) is 0 Å². The van der Waals surface area contributed by atoms with Crippen LogP contribution in [0.5, 0.6) is 0 Å². The first-order valence-corrected chi connectivity index (χ1v) is 10.4. The van der Waals surface area contributed by atoms with Gasteiger partial charge in [-0.3, -0.25) is 4.57 Å². The van der Waals surface area contributed by atoms with Crippen molar-refractivity contribution < 1.29 is 17.9 Å². The molecule has 0 radical (unpaired) electrons. The Bertz CT molecular complexity index is 833. The zero-order chi connectivity index (χ0) is 19.3. The number of hydrogen-bond donors (Lipinski definition) is 0. The summed E-state index contributed by atoms with van der Waals surface area (Å²) in [5.74, 6) is 1.40. The number of hydrogen-bond acceptors (Lipinski definition) is 7. The summed E-state index contributed by atoms with van der Waals surface area (Å²) in [6.07, 6.45) is -0.463. The molecule has 0 aliphatic heterocycles. The maximum atomic E-state index is 12.4. The van der Waals surface area contributed by atoms with Gasteiger partial charge in [-0.05, 0) is 17.9 Å². The van der Waals surface area contributed by atoms with E-state index in [0.29, 0.717) is 17.9 Å². The zero-order valence-corrected chi connectivity index (χ0v) is 17.2. The third-order valence-electron chi connectivity index (χ3n) is 3.72. The van der Waals surface area contributed by atoms with Crippen LogP contribution in [0.25, 0.3) is 11.4 Å². The number of benzene rings is 1. The first kappa shape index (κ1) is 20.8. The summed E-state index contributed by atoms with van der Waals surface area (Å²) in [7, 11) is 2.60. The maximum absolute atomic E-state index is 12.4. The molecule has 0 amide bonds. The van der Waals surface area contributed by atoms with Crippen LogP contribution in [-0.2, 0) is 26.0 Å². The van der Waals surface area contributed by atoms with Gasteiger partial charge in [0.2, 0.25) is 10.0 Å². The molecule has 1 aromatic heterocycles. The van der Waals surface area contributed by atoms with E-state index in [9.17, 15) is 8.42 Å². The fourth-order valence-corrected chi connectivity index (χ4v) is 3.93. The van der Waals surface area contributed by atoms with Crippen LogP contribution in [0.2, 0.25) is 0 Å². The van der Waals surface area contributed by atoms with E-state index in [1.54, 1.807) is 44.2 Å². The number of ether oxygens (including phenoxy) is 2. The molecule has 0 spiro atoms. The Hall–Kier alpha value is -1.46. The molecule has 0 N–H and O–H groups in total. The van der Waals surface area contributed by atoms with Crippen LogP contribution >= 0.6 is 11.8 Å². The fourth-order valence-electron chi connectivity index (χ4n) is 2.30. The predicted octanol–water partition coefficient (Wildman–Crippen LogP) is 1.93. The van der Waals surface area contributed by atoms with E-state index >= 15 is 0 Å². The number of sulfonamides is 1. The van der Waals surface area contributed by atoms with Gasteiger partial charge in [0.05, 0.1) is 11.4 Å². The Morgan fingerprint density at radius 1 is 1.23 bits per heavy atom. The first-order valence-electron chi connectivity index (χ1n) is 7.99. The van der Waals surface area contributed by atoms with Crippen molar-refractivity contribution >= 4 is 21.8 Å². The fraction of sp³-hybridized carbons (Fsp3) is 0.500. The molecule has 2 aromatic rings. The summed E-state index contributed by atoms with van der Waals surface area (Å²) in [5, 5.41) is 9.23. The van der Waals surface area contributed by atoms with E-state index in [0.717, 1.165) is 10.9 Å². The summed E-state index contributed by atoms with van der Waals surface area (Å²) >= 11 is 1.55. The summed E-state index contributed by atoms with van der Waals surface area (Å²) in [4.78, 5) is 0.203. The average molecular weight is 401 g/mol. The van der Waals surface area contributed by atoms with Gasteiger partial charge in [-0.1, -0.05) is 30.8 Å². The molecule has 2 rings (SSSR count). The standard InChI is InChI=1S/C16H24N4O4S2/c1-6-25-16-18-17-15(20(16)11-14(23-4)24-5)12-8-7-9-13(10-12)26(21,22)19(2)3/h7-10,14H,6,11H2,1-5H3. The molecule has 0 atom stereocenters. The van der Waals surface area contributed by atoms with Crippen LogP contribution < -0.4 is 0 Å². The van der Waals surface area contributed by atoms with E-state index in [1.807, 2.05) is 17.6 Å². The molecule has 0 saturated heterocycles. The summed E-state index contributed by atoms with van der Waals surface area (Å²) in [5.41, 5.74) is 0.661. The minimum Gasteiger partial charge on any atom is -0.354 e. The molecule has 8 nitrogen and oxygen atoms in total. The number of rotatable bonds is 9. The van der Waals surface area contributed by atoms with E-state index in [4.69, 9.17) is 9.47 Å². The highest BCUT2D eigenvalue weighted by atomic mass is 32.2. The number of aromatic nitrogens is 3. The molecular weight excluding hydrogens is 376 g/mol. The van der Waals surface area contributed by atoms with Crippen molar-refractivity contribution in [1.82, 2.24) is 19.1 Å². The number of thioether (sulfide) groups is 1. The molecule has 1 heterocycles. The van der Waals surface area contributed by atoms with Crippen LogP contribution in [0.4, 0.5) is 0 Å². The Balaban J connectivity index is 2.52. The normalized spacial score (nSPS) is 12.3. The topological polar surface area (TPSA) is 86.6 Å². The van der Waals surface area contributed by atoms with Gasteiger partial charge in [0.15, 0.2) is 17.3 Å². The van der Waals surface area contributed by atoms with Crippen molar-refractivity contribution in [2.75, 3.05) is 34.1 Å². The molecular formula is C16H24N4O4S2. The molecule has 0 unspecified atom stereocenters. The number of methoxy groups -OCH3 is 2. The predicted molar refractivity (Wildman–Crippen MR) is 101 cm³/mol. The van der Waals surface area contributed by atoms with Crippen molar-refractivity contribution in [2.24, 2.45) is 0 Å². The van der Waals surface area contributed by atoms with Gasteiger partial charge in [-0.25, -0.2) is 12.7 Å². The Kier molecular flexibility index (Phi) is 7.18. The summed E-state index contributed by atoms with van der Waals surface area (Å²) in [6.45, 7) is 2.42. The highest BCUT2D eigenvalue weighted by molar-refractivity contribution is 7.99. The van der Waals surface area contributed by atoms with Crippen LogP contribution in [0.3, 0.4) is 0 Å². The molecule has 0 aliphatic carbocycles. The van der Waals surface area contributed by atoms with Crippen molar-refractivity contribution in [3.63, 3.8) is 0 Å². The minimum absolute atomic E-state index is 0.203. The van der Waals surface area contributed by atoms with Crippen LogP contribution in [0.1, 0.15) is 6.92 Å². The van der Waals surface area contributed by atoms with Gasteiger partial charge in [0.1, 0.15) is 0 Å². The second-order valence-corrected chi connectivity index (χ2v) is 8.95. The lowest BCUT2D eigenvalue weighted by Crippen LogP contribution is -2.22. The molecule has 0 bridgehead atoms. The van der Waals surface area contributed by atoms with Gasteiger partial charge in [0.25, 0.3) is 0 Å². The van der Waals surface area contributed by atoms with Crippen molar-refractivity contribution in [1.29, 1.82) is 0 Å². The Labute approximate surface area is 158 Å². The molecule has 144 valence electrons. The molecule has 0 saturated carbocycles. The molecule has 26 heavy (non-hydrogen) atoms. The second kappa shape index (κ2) is 8.96. The van der Waals surface area contributed by atoms with Gasteiger partial charge in [-0.2, -0.15) is 0 Å². The summed E-state index contributed by atoms with van der Waals surface area (Å²) in [6, 6.07) is 6.67. The monoisotopic (exact) mass is 400 g/mol. The smallest absolute Gasteiger partial charge is 0.242 e. The molecule has 0 aliphatic rings. The average Bonchev–Trinajstić information content (AvgIpc) is 3.02. The molecule has 10 heteroatoms. The van der Waals surface area contributed by atoms with Crippen molar-refractivity contribution in [3.05, 3.63) is 24.3 Å². The van der Waals surface area contributed by atoms with Crippen molar-refractivity contribution in [3.8, 4) is 11.4 Å². The Morgan fingerprint density at radius 3 is 2.50 bits per heavy atom. The molecule has 1 aromatic carbocycles. The van der Waals surface area contributed by atoms with E-state index in [2.05, 4.69) is 10.2 Å². The summed E-state index contributed by atoms with van der Waals surface area (Å²) < 4.78 is 38.5. The highest BCUT2D eigenvalue weighted by Crippen LogP contribution is 2.27. The zero-order valence-electron chi connectivity index (χ0n) is 15.5. The van der Waals surface area contributed by atoms with E-state index < -0.39 is 16.3 Å². The highest BCUT2D eigenvalue weighted by Gasteiger charge is 2.21. The van der Waals surface area contributed by atoms with Gasteiger partial charge in [0, 0.05) is 33.9 Å². The number of nitrogens with zero attached hydrogens (tertiary/aromatic N) is 4. The van der Waals surface area contributed by atoms with Gasteiger partial charge < -0.3 is 9.47 Å². The lowest BCUT2D eigenvalue weighted by Gasteiger charge is -2.17. The van der Waals surface area contributed by atoms with Crippen LogP contribution in [-0.4, -0.2) is 67.8 Å². The van der Waals surface area contributed by atoms with E-state index in [1.165, 1.54) is 18.4 Å². The van der Waals surface area contributed by atoms with E-state index in [-0.39, 0.29) is 4.90 Å². The second-order valence-electron chi connectivity index (χ2n) is 5.57. The first-order chi connectivity index (χ1) is 12.3. The lowest BCUT2D eigenvalue weighted by molar-refractivity contribution is -0.111. The molecule has 0 fully saturated rings.